The topological polar surface area (TPSA) is 91.0 Å². The van der Waals surface area contributed by atoms with Crippen LogP contribution < -0.4 is 10.6 Å². The molecule has 0 unspecified atom stereocenters. The van der Waals surface area contributed by atoms with Gasteiger partial charge in [0.1, 0.15) is 17.5 Å². The highest BCUT2D eigenvalue weighted by molar-refractivity contribution is 6.31. The standard InChI is InChI=1S/C34H46ClFN4O4/c1-4-23-10-5-6-16-39(23)17-8-18-40-30(32(42)38-26-11-7-9-20(2)21(26)3)34-15-14-27(44-34)28(29(34)33(40)43)31(41)37-22-12-13-25(36)24(35)19-22/h12-15,19-21,23,26-30H,4-11,16-18H2,1-3H3,(H,37,41)(H,38,42)/t20-,21+,23-,26-,27+,28-,29+,30+,34+/m1/s1. The van der Waals surface area contributed by atoms with Crippen molar-refractivity contribution < 1.29 is 23.5 Å². The number of carbonyl (C=O) groups excluding carboxylic acids is 3. The lowest BCUT2D eigenvalue weighted by Gasteiger charge is -2.38. The van der Waals surface area contributed by atoms with Crippen molar-refractivity contribution in [2.45, 2.75) is 102 Å². The van der Waals surface area contributed by atoms with Gasteiger partial charge in [-0.2, -0.15) is 0 Å². The molecule has 8 nitrogen and oxygen atoms in total. The van der Waals surface area contributed by atoms with Gasteiger partial charge in [-0.1, -0.05) is 63.8 Å². The first-order chi connectivity index (χ1) is 21.1. The predicted octanol–water partition coefficient (Wildman–Crippen LogP) is 5.16. The van der Waals surface area contributed by atoms with E-state index in [2.05, 4.69) is 36.3 Å². The fraction of sp³-hybridized carbons (Fsp3) is 0.676. The zero-order chi connectivity index (χ0) is 31.2. The first-order valence-corrected chi connectivity index (χ1v) is 17.0. The lowest BCUT2D eigenvalue weighted by atomic mass is 9.73. The third-order valence-electron chi connectivity index (χ3n) is 11.2. The summed E-state index contributed by atoms with van der Waals surface area (Å²) in [6.07, 6.45) is 11.6. The Morgan fingerprint density at radius 1 is 1.11 bits per heavy atom. The second-order valence-corrected chi connectivity index (χ2v) is 14.1. The van der Waals surface area contributed by atoms with Gasteiger partial charge in [-0.25, -0.2) is 4.39 Å². The zero-order valence-corrected chi connectivity index (χ0v) is 26.8. The van der Waals surface area contributed by atoms with Gasteiger partial charge in [0.25, 0.3) is 0 Å². The van der Waals surface area contributed by atoms with E-state index in [1.807, 2.05) is 12.2 Å². The molecule has 4 heterocycles. The van der Waals surface area contributed by atoms with E-state index in [9.17, 15) is 18.8 Å². The number of nitrogens with zero attached hydrogens (tertiary/aromatic N) is 2. The second kappa shape index (κ2) is 12.7. The maximum atomic E-state index is 14.3. The van der Waals surface area contributed by atoms with Crippen LogP contribution in [0.4, 0.5) is 10.1 Å². The molecular weight excluding hydrogens is 583 g/mol. The Bertz CT molecular complexity index is 1310. The highest BCUT2D eigenvalue weighted by Crippen LogP contribution is 2.55. The van der Waals surface area contributed by atoms with Crippen LogP contribution in [0.1, 0.15) is 72.1 Å². The van der Waals surface area contributed by atoms with Crippen LogP contribution in [-0.4, -0.2) is 77.0 Å². The van der Waals surface area contributed by atoms with E-state index >= 15 is 0 Å². The van der Waals surface area contributed by atoms with Gasteiger partial charge in [0.2, 0.25) is 17.7 Å². The van der Waals surface area contributed by atoms with Crippen LogP contribution in [0.25, 0.3) is 0 Å². The number of fused-ring (bicyclic) bond motifs is 1. The molecule has 2 N–H and O–H groups in total. The molecule has 3 amide bonds. The first-order valence-electron chi connectivity index (χ1n) is 16.6. The Hall–Kier alpha value is -2.49. The summed E-state index contributed by atoms with van der Waals surface area (Å²) in [5.41, 5.74) is -0.874. The summed E-state index contributed by atoms with van der Waals surface area (Å²) in [7, 11) is 0. The minimum Gasteiger partial charge on any atom is -0.359 e. The van der Waals surface area contributed by atoms with E-state index in [0.717, 1.165) is 45.2 Å². The lowest BCUT2D eigenvalue weighted by molar-refractivity contribution is -0.141. The summed E-state index contributed by atoms with van der Waals surface area (Å²) >= 11 is 5.96. The normalized spacial score (nSPS) is 36.5. The molecule has 9 atom stereocenters. The van der Waals surface area contributed by atoms with Gasteiger partial charge < -0.3 is 25.2 Å². The number of piperidine rings is 1. The molecule has 5 aliphatic rings. The lowest BCUT2D eigenvalue weighted by Crippen LogP contribution is -2.58. The van der Waals surface area contributed by atoms with E-state index < -0.39 is 41.3 Å². The Kier molecular flexibility index (Phi) is 9.10. The molecule has 2 bridgehead atoms. The van der Waals surface area contributed by atoms with Gasteiger partial charge in [0.05, 0.1) is 23.0 Å². The Balaban J connectivity index is 1.25. The number of amides is 3. The largest absolute Gasteiger partial charge is 0.359 e. The minimum absolute atomic E-state index is 0.0298. The maximum Gasteiger partial charge on any atom is 0.246 e. The number of hydrogen-bond donors (Lipinski definition) is 2. The molecule has 1 aromatic rings. The molecule has 0 radical (unpaired) electrons. The number of ether oxygens (including phenoxy) is 1. The van der Waals surface area contributed by atoms with Gasteiger partial charge in [-0.15, -0.1) is 0 Å². The summed E-state index contributed by atoms with van der Waals surface area (Å²) in [5, 5.41) is 6.04. The van der Waals surface area contributed by atoms with Crippen molar-refractivity contribution >= 4 is 35.0 Å². The van der Waals surface area contributed by atoms with E-state index in [4.69, 9.17) is 16.3 Å². The van der Waals surface area contributed by atoms with E-state index in [-0.39, 0.29) is 22.9 Å². The van der Waals surface area contributed by atoms with Gasteiger partial charge in [-0.05, 0) is 68.7 Å². The zero-order valence-electron chi connectivity index (χ0n) is 26.1. The smallest absolute Gasteiger partial charge is 0.246 e. The molecule has 44 heavy (non-hydrogen) atoms. The number of likely N-dealkylation sites (tertiary alicyclic amines) is 2. The average molecular weight is 629 g/mol. The van der Waals surface area contributed by atoms with Crippen LogP contribution in [0.15, 0.2) is 30.4 Å². The SMILES string of the molecule is CC[C@@H]1CCCCN1CCCN1C(=O)[C@@H]2[C@H](C(=O)Nc3ccc(F)c(Cl)c3)[C@@H]3C=C[C@@]2(O3)[C@@H]1C(=O)N[C@@H]1CCC[C@@H](C)[C@@H]1C. The van der Waals surface area contributed by atoms with Crippen LogP contribution in [-0.2, 0) is 19.1 Å². The quantitative estimate of drug-likeness (QED) is 0.369. The summed E-state index contributed by atoms with van der Waals surface area (Å²) in [6.45, 7) is 8.99. The van der Waals surface area contributed by atoms with Crippen LogP contribution in [0, 0.1) is 29.5 Å². The molecule has 1 aromatic carbocycles. The van der Waals surface area contributed by atoms with Gasteiger partial charge in [0.15, 0.2) is 0 Å². The molecule has 4 aliphatic heterocycles. The third-order valence-corrected chi connectivity index (χ3v) is 11.5. The van der Waals surface area contributed by atoms with E-state index in [0.29, 0.717) is 30.1 Å². The Morgan fingerprint density at radius 2 is 1.93 bits per heavy atom. The number of benzene rings is 1. The number of nitrogens with one attached hydrogen (secondary N) is 2. The Labute approximate surface area is 265 Å². The molecule has 240 valence electrons. The molecule has 1 spiro atoms. The fourth-order valence-corrected chi connectivity index (χ4v) is 8.80. The molecule has 0 aromatic heterocycles. The van der Waals surface area contributed by atoms with Crippen molar-refractivity contribution in [3.8, 4) is 0 Å². The predicted molar refractivity (Wildman–Crippen MR) is 167 cm³/mol. The van der Waals surface area contributed by atoms with Crippen molar-refractivity contribution in [3.05, 3.63) is 41.2 Å². The number of carbonyl (C=O) groups is 3. The van der Waals surface area contributed by atoms with E-state index in [1.54, 1.807) is 4.90 Å². The average Bonchev–Trinajstić information content (AvgIpc) is 3.65. The van der Waals surface area contributed by atoms with Crippen LogP contribution >= 0.6 is 11.6 Å². The minimum atomic E-state index is -1.21. The third kappa shape index (κ3) is 5.58. The van der Waals surface area contributed by atoms with Crippen LogP contribution in [0.2, 0.25) is 5.02 Å². The number of hydrogen-bond acceptors (Lipinski definition) is 5. The van der Waals surface area contributed by atoms with Crippen molar-refractivity contribution in [3.63, 3.8) is 0 Å². The summed E-state index contributed by atoms with van der Waals surface area (Å²) in [4.78, 5) is 46.5. The molecule has 10 heteroatoms. The molecule has 4 fully saturated rings. The van der Waals surface area contributed by atoms with Gasteiger partial charge >= 0.3 is 0 Å². The molecule has 3 saturated heterocycles. The number of anilines is 1. The molecule has 1 saturated carbocycles. The van der Waals surface area contributed by atoms with Crippen LogP contribution in [0.3, 0.4) is 0 Å². The summed E-state index contributed by atoms with van der Waals surface area (Å²) < 4.78 is 20.3. The summed E-state index contributed by atoms with van der Waals surface area (Å²) in [6, 6.07) is 3.71. The van der Waals surface area contributed by atoms with Gasteiger partial charge in [-0.3, -0.25) is 14.4 Å². The number of rotatable bonds is 9. The van der Waals surface area contributed by atoms with Crippen molar-refractivity contribution in [2.75, 3.05) is 25.0 Å². The highest BCUT2D eigenvalue weighted by atomic mass is 35.5. The maximum absolute atomic E-state index is 14.3. The van der Waals surface area contributed by atoms with Crippen molar-refractivity contribution in [1.29, 1.82) is 0 Å². The fourth-order valence-electron chi connectivity index (χ4n) is 8.62. The first kappa shape index (κ1) is 31.5. The highest BCUT2D eigenvalue weighted by Gasteiger charge is 2.72. The van der Waals surface area contributed by atoms with Crippen LogP contribution in [0.5, 0.6) is 0 Å². The summed E-state index contributed by atoms with van der Waals surface area (Å²) in [5.74, 6) is -2.23. The van der Waals surface area contributed by atoms with Crippen molar-refractivity contribution in [1.82, 2.24) is 15.1 Å². The Morgan fingerprint density at radius 3 is 2.70 bits per heavy atom. The number of halogens is 2. The monoisotopic (exact) mass is 628 g/mol. The molecular formula is C34H46ClFN4O4. The van der Waals surface area contributed by atoms with Gasteiger partial charge in [0, 0.05) is 30.9 Å². The van der Waals surface area contributed by atoms with Crippen molar-refractivity contribution in [2.24, 2.45) is 23.7 Å². The van der Waals surface area contributed by atoms with E-state index in [1.165, 1.54) is 37.5 Å². The molecule has 1 aliphatic carbocycles. The molecule has 6 rings (SSSR count). The second-order valence-electron chi connectivity index (χ2n) is 13.7.